The van der Waals surface area contributed by atoms with Crippen molar-refractivity contribution < 1.29 is 9.11 Å². The first-order chi connectivity index (χ1) is 4.58. The lowest BCUT2D eigenvalue weighted by molar-refractivity contribution is 0.489. The van der Waals surface area contributed by atoms with E-state index in [1.165, 1.54) is 6.26 Å². The maximum absolute atomic E-state index is 8.93. The van der Waals surface area contributed by atoms with E-state index in [-0.39, 0.29) is 0 Å². The van der Waals surface area contributed by atoms with Gasteiger partial charge in [-0.25, -0.2) is 0 Å². The van der Waals surface area contributed by atoms with Gasteiger partial charge in [-0.15, -0.1) is 10.8 Å². The molecule has 0 fully saturated rings. The highest BCUT2D eigenvalue weighted by Crippen LogP contribution is 2.28. The smallest absolute Gasteiger partial charge is 0.114 e. The zero-order chi connectivity index (χ0) is 7.61. The lowest BCUT2D eigenvalue weighted by Crippen LogP contribution is -2.24. The molecule has 0 aromatic rings. The van der Waals surface area contributed by atoms with Crippen LogP contribution in [0, 0.1) is 0 Å². The number of rotatable bonds is 1. The van der Waals surface area contributed by atoms with Crippen LogP contribution in [0.1, 0.15) is 12.8 Å². The van der Waals surface area contributed by atoms with Gasteiger partial charge in [-0.3, -0.25) is 18.8 Å². The van der Waals surface area contributed by atoms with Gasteiger partial charge in [0.15, 0.2) is 0 Å². The second-order valence-corrected chi connectivity index (χ2v) is 4.24. The van der Waals surface area contributed by atoms with E-state index < -0.39 is 10.8 Å². The van der Waals surface area contributed by atoms with Crippen LogP contribution in [0.5, 0.6) is 0 Å². The zero-order valence-corrected chi connectivity index (χ0v) is 6.69. The molecule has 1 rings (SSSR count). The van der Waals surface area contributed by atoms with Crippen LogP contribution in [-0.2, 0) is 0 Å². The molecule has 0 amide bonds. The summed E-state index contributed by atoms with van der Waals surface area (Å²) in [5.41, 5.74) is 0. The van der Waals surface area contributed by atoms with Crippen LogP contribution in [0.3, 0.4) is 0 Å². The average Bonchev–Trinajstić information content (AvgIpc) is 2.12. The van der Waals surface area contributed by atoms with Crippen LogP contribution < -0.4 is 4.72 Å². The summed E-state index contributed by atoms with van der Waals surface area (Å²) in [5, 5.41) is 0. The standard InChI is InChI=1S/C5H12N2O2S/c1-10(8,9)7-5-3-2-4-6-5/h8-9H,2-4H2,1H3,(H,6,7). The van der Waals surface area contributed by atoms with Gasteiger partial charge in [0.05, 0.1) is 0 Å². The van der Waals surface area contributed by atoms with Crippen molar-refractivity contribution in [3.8, 4) is 0 Å². The van der Waals surface area contributed by atoms with Crippen molar-refractivity contribution in [1.29, 1.82) is 0 Å². The quantitative estimate of drug-likeness (QED) is 0.543. The van der Waals surface area contributed by atoms with Crippen LogP contribution in [0.2, 0.25) is 0 Å². The first kappa shape index (κ1) is 7.84. The summed E-state index contributed by atoms with van der Waals surface area (Å²) in [6.07, 6.45) is 3.20. The second kappa shape index (κ2) is 2.77. The van der Waals surface area contributed by atoms with Crippen molar-refractivity contribution in [2.24, 2.45) is 4.99 Å². The summed E-state index contributed by atoms with van der Waals surface area (Å²) in [6.45, 7) is 0.803. The van der Waals surface area contributed by atoms with Crippen molar-refractivity contribution in [2.75, 3.05) is 12.8 Å². The van der Waals surface area contributed by atoms with E-state index in [0.717, 1.165) is 25.2 Å². The monoisotopic (exact) mass is 164 g/mol. The Kier molecular flexibility index (Phi) is 2.18. The van der Waals surface area contributed by atoms with Crippen LogP contribution >= 0.6 is 10.8 Å². The molecule has 10 heavy (non-hydrogen) atoms. The van der Waals surface area contributed by atoms with Gasteiger partial charge in [-0.1, -0.05) is 0 Å². The lowest BCUT2D eigenvalue weighted by Gasteiger charge is -2.28. The fraction of sp³-hybridized carbons (Fsp3) is 0.800. The Morgan fingerprint density at radius 2 is 2.30 bits per heavy atom. The van der Waals surface area contributed by atoms with Gasteiger partial charge in [-0.05, 0) is 6.42 Å². The molecule has 0 unspecified atom stereocenters. The van der Waals surface area contributed by atoms with E-state index in [4.69, 9.17) is 9.11 Å². The molecule has 1 heterocycles. The first-order valence-corrected chi connectivity index (χ1v) is 5.08. The highest BCUT2D eigenvalue weighted by Gasteiger charge is 2.10. The van der Waals surface area contributed by atoms with E-state index >= 15 is 0 Å². The SMILES string of the molecule is CS(O)(O)NC1=NCCC1. The number of nitrogens with zero attached hydrogens (tertiary/aromatic N) is 1. The van der Waals surface area contributed by atoms with Crippen molar-refractivity contribution in [2.45, 2.75) is 12.8 Å². The van der Waals surface area contributed by atoms with E-state index in [2.05, 4.69) is 9.71 Å². The van der Waals surface area contributed by atoms with Gasteiger partial charge in [0.25, 0.3) is 0 Å². The molecule has 0 spiro atoms. The molecule has 0 aliphatic carbocycles. The van der Waals surface area contributed by atoms with Crippen molar-refractivity contribution in [1.82, 2.24) is 4.72 Å². The number of hydrogen-bond donors (Lipinski definition) is 3. The maximum atomic E-state index is 8.93. The first-order valence-electron chi connectivity index (χ1n) is 3.12. The highest BCUT2D eigenvalue weighted by atomic mass is 32.3. The molecule has 5 heteroatoms. The molecule has 0 saturated carbocycles. The maximum Gasteiger partial charge on any atom is 0.114 e. The third kappa shape index (κ3) is 2.55. The van der Waals surface area contributed by atoms with Crippen molar-refractivity contribution >= 4 is 16.6 Å². The molecule has 0 atom stereocenters. The normalized spacial score (nSPS) is 20.5. The summed E-state index contributed by atoms with van der Waals surface area (Å²) < 4.78 is 20.4. The van der Waals surface area contributed by atoms with Gasteiger partial charge in [0.1, 0.15) is 5.84 Å². The topological polar surface area (TPSA) is 64.8 Å². The molecule has 60 valence electrons. The summed E-state index contributed by atoms with van der Waals surface area (Å²) in [6, 6.07) is 0. The minimum Gasteiger partial charge on any atom is -0.282 e. The number of hydrogen-bond acceptors (Lipinski definition) is 4. The third-order valence-corrected chi connectivity index (χ3v) is 1.81. The molecule has 0 saturated heterocycles. The fourth-order valence-corrected chi connectivity index (χ4v) is 1.46. The molecule has 0 aromatic heterocycles. The predicted octanol–water partition coefficient (Wildman–Crippen LogP) is 1.06. The Morgan fingerprint density at radius 1 is 1.60 bits per heavy atom. The summed E-state index contributed by atoms with van der Waals surface area (Å²) in [5.74, 6) is 0.725. The summed E-state index contributed by atoms with van der Waals surface area (Å²) in [4.78, 5) is 4.03. The Hall–Kier alpha value is -0.260. The Bertz CT molecular complexity index is 152. The highest BCUT2D eigenvalue weighted by molar-refractivity contribution is 8.22. The van der Waals surface area contributed by atoms with Gasteiger partial charge in [-0.2, -0.15) is 0 Å². The number of aliphatic imine (C=N–C) groups is 1. The molecule has 0 bridgehead atoms. The van der Waals surface area contributed by atoms with Gasteiger partial charge >= 0.3 is 0 Å². The Morgan fingerprint density at radius 3 is 2.70 bits per heavy atom. The fourth-order valence-electron chi connectivity index (χ4n) is 0.846. The van der Waals surface area contributed by atoms with E-state index in [1.807, 2.05) is 0 Å². The van der Waals surface area contributed by atoms with E-state index in [0.29, 0.717) is 0 Å². The summed E-state index contributed by atoms with van der Waals surface area (Å²) in [7, 11) is -2.59. The second-order valence-electron chi connectivity index (χ2n) is 2.37. The average molecular weight is 164 g/mol. The third-order valence-electron chi connectivity index (χ3n) is 1.19. The van der Waals surface area contributed by atoms with Gasteiger partial charge in [0, 0.05) is 19.2 Å². The lowest BCUT2D eigenvalue weighted by atomic mass is 10.3. The van der Waals surface area contributed by atoms with E-state index in [1.54, 1.807) is 0 Å². The molecule has 3 N–H and O–H groups in total. The van der Waals surface area contributed by atoms with Crippen LogP contribution in [0.15, 0.2) is 4.99 Å². The molecule has 0 radical (unpaired) electrons. The van der Waals surface area contributed by atoms with Crippen LogP contribution in [0.25, 0.3) is 0 Å². The van der Waals surface area contributed by atoms with Crippen molar-refractivity contribution in [3.63, 3.8) is 0 Å². The van der Waals surface area contributed by atoms with Gasteiger partial charge in [0.2, 0.25) is 0 Å². The molecule has 1 aliphatic rings. The molecule has 4 nitrogen and oxygen atoms in total. The summed E-state index contributed by atoms with van der Waals surface area (Å²) >= 11 is 0. The molecular formula is C5H12N2O2S. The minimum atomic E-state index is -2.59. The van der Waals surface area contributed by atoms with E-state index in [9.17, 15) is 0 Å². The number of amidine groups is 1. The largest absolute Gasteiger partial charge is 0.282 e. The zero-order valence-electron chi connectivity index (χ0n) is 5.87. The molecule has 1 aliphatic heterocycles. The Balaban J connectivity index is 2.38. The predicted molar refractivity (Wildman–Crippen MR) is 43.4 cm³/mol. The van der Waals surface area contributed by atoms with Gasteiger partial charge < -0.3 is 0 Å². The molecular weight excluding hydrogens is 152 g/mol. The Labute approximate surface area is 61.8 Å². The van der Waals surface area contributed by atoms with Crippen molar-refractivity contribution in [3.05, 3.63) is 0 Å². The minimum absolute atomic E-state index is 0.725. The number of nitrogens with one attached hydrogen (secondary N) is 1. The van der Waals surface area contributed by atoms with Crippen LogP contribution in [-0.4, -0.2) is 27.7 Å². The van der Waals surface area contributed by atoms with Crippen LogP contribution in [0.4, 0.5) is 0 Å². The molecule has 0 aromatic carbocycles.